The van der Waals surface area contributed by atoms with Gasteiger partial charge in [-0.15, -0.1) is 0 Å². The number of esters is 1. The minimum absolute atomic E-state index is 0.0976. The van der Waals surface area contributed by atoms with Crippen molar-refractivity contribution in [3.8, 4) is 0 Å². The van der Waals surface area contributed by atoms with E-state index < -0.39 is 24.4 Å². The van der Waals surface area contributed by atoms with Crippen LogP contribution in [0.5, 0.6) is 0 Å². The molecule has 3 aromatic carbocycles. The van der Waals surface area contributed by atoms with E-state index in [1.54, 1.807) is 60.7 Å². The molecule has 0 spiro atoms. The van der Waals surface area contributed by atoms with Crippen molar-refractivity contribution in [2.24, 2.45) is 0 Å². The standard InChI is InChI=1S/C26H24ClN3O5/c1-17-8-7-9-18(14-17)25(33)29-21-12-5-3-10-19(21)26(34)35-16-24(32)30(2)15-23(31)28-22-13-6-4-11-20(22)27/h3-14H,15-16H2,1-2H3,(H,28,31)(H,29,33). The number of ether oxygens (including phenoxy) is 1. The number of rotatable bonds is 8. The SMILES string of the molecule is Cc1cccc(C(=O)Nc2ccccc2C(=O)OCC(=O)N(C)CC(=O)Nc2ccccc2Cl)c1. The molecule has 3 aromatic rings. The topological polar surface area (TPSA) is 105 Å². The van der Waals surface area contributed by atoms with E-state index in [0.29, 0.717) is 16.3 Å². The normalized spacial score (nSPS) is 10.3. The lowest BCUT2D eigenvalue weighted by Crippen LogP contribution is -2.37. The highest BCUT2D eigenvalue weighted by atomic mass is 35.5. The van der Waals surface area contributed by atoms with Gasteiger partial charge in [-0.3, -0.25) is 14.4 Å². The molecule has 0 aliphatic rings. The van der Waals surface area contributed by atoms with Crippen molar-refractivity contribution in [2.45, 2.75) is 6.92 Å². The number of nitrogens with zero attached hydrogens (tertiary/aromatic N) is 1. The molecule has 180 valence electrons. The van der Waals surface area contributed by atoms with Crippen LogP contribution in [0.4, 0.5) is 11.4 Å². The van der Waals surface area contributed by atoms with Crippen LogP contribution in [0.2, 0.25) is 5.02 Å². The van der Waals surface area contributed by atoms with E-state index >= 15 is 0 Å². The first-order chi connectivity index (χ1) is 16.7. The lowest BCUT2D eigenvalue weighted by Gasteiger charge is -2.17. The lowest BCUT2D eigenvalue weighted by molar-refractivity contribution is -0.136. The quantitative estimate of drug-likeness (QED) is 0.458. The van der Waals surface area contributed by atoms with Gasteiger partial charge in [-0.1, -0.05) is 53.6 Å². The average Bonchev–Trinajstić information content (AvgIpc) is 2.84. The smallest absolute Gasteiger partial charge is 0.340 e. The molecule has 0 fully saturated rings. The number of para-hydroxylation sites is 2. The molecule has 8 nitrogen and oxygen atoms in total. The number of carbonyl (C=O) groups is 4. The highest BCUT2D eigenvalue weighted by Gasteiger charge is 2.19. The fourth-order valence-electron chi connectivity index (χ4n) is 3.12. The van der Waals surface area contributed by atoms with Crippen LogP contribution in [-0.4, -0.2) is 48.8 Å². The number of aryl methyl sites for hydroxylation is 1. The van der Waals surface area contributed by atoms with Crippen LogP contribution in [0.3, 0.4) is 0 Å². The van der Waals surface area contributed by atoms with E-state index in [1.807, 2.05) is 13.0 Å². The van der Waals surface area contributed by atoms with Crippen LogP contribution in [0.25, 0.3) is 0 Å². The molecule has 0 aliphatic heterocycles. The summed E-state index contributed by atoms with van der Waals surface area (Å²) in [6.07, 6.45) is 0. The molecule has 0 heterocycles. The van der Waals surface area contributed by atoms with Crippen LogP contribution in [0.1, 0.15) is 26.3 Å². The van der Waals surface area contributed by atoms with Crippen molar-refractivity contribution in [3.63, 3.8) is 0 Å². The predicted octanol–water partition coefficient (Wildman–Crippen LogP) is 4.15. The maximum Gasteiger partial charge on any atom is 0.340 e. The largest absolute Gasteiger partial charge is 0.452 e. The predicted molar refractivity (Wildman–Crippen MR) is 134 cm³/mol. The highest BCUT2D eigenvalue weighted by molar-refractivity contribution is 6.33. The van der Waals surface area contributed by atoms with E-state index in [-0.39, 0.29) is 23.7 Å². The van der Waals surface area contributed by atoms with Crippen molar-refractivity contribution in [1.29, 1.82) is 0 Å². The van der Waals surface area contributed by atoms with Gasteiger partial charge in [0, 0.05) is 12.6 Å². The van der Waals surface area contributed by atoms with Crippen molar-refractivity contribution in [3.05, 3.63) is 94.5 Å². The summed E-state index contributed by atoms with van der Waals surface area (Å²) in [5.74, 6) is -2.19. The van der Waals surface area contributed by atoms with Crippen molar-refractivity contribution >= 4 is 46.7 Å². The molecule has 0 saturated heterocycles. The maximum absolute atomic E-state index is 12.6. The number of amides is 3. The van der Waals surface area contributed by atoms with Gasteiger partial charge in [0.15, 0.2) is 6.61 Å². The summed E-state index contributed by atoms with van der Waals surface area (Å²) in [5, 5.41) is 5.69. The van der Waals surface area contributed by atoms with E-state index in [1.165, 1.54) is 13.1 Å². The summed E-state index contributed by atoms with van der Waals surface area (Å²) in [5.41, 5.74) is 2.15. The molecule has 0 aromatic heterocycles. The molecular formula is C26H24ClN3O5. The lowest BCUT2D eigenvalue weighted by atomic mass is 10.1. The van der Waals surface area contributed by atoms with Crippen LogP contribution in [0.15, 0.2) is 72.8 Å². The second-order valence-corrected chi connectivity index (χ2v) is 8.13. The Bertz CT molecular complexity index is 1260. The summed E-state index contributed by atoms with van der Waals surface area (Å²) in [4.78, 5) is 50.9. The average molecular weight is 494 g/mol. The van der Waals surface area contributed by atoms with Crippen molar-refractivity contribution in [2.75, 3.05) is 30.8 Å². The Kier molecular flexibility index (Phi) is 8.58. The monoisotopic (exact) mass is 493 g/mol. The third kappa shape index (κ3) is 7.15. The minimum atomic E-state index is -0.785. The van der Waals surface area contributed by atoms with Gasteiger partial charge in [0.25, 0.3) is 11.8 Å². The second-order valence-electron chi connectivity index (χ2n) is 7.72. The first kappa shape index (κ1) is 25.5. The van der Waals surface area contributed by atoms with Crippen LogP contribution >= 0.6 is 11.6 Å². The Hall–Kier alpha value is -4.17. The summed E-state index contributed by atoms with van der Waals surface area (Å²) in [6, 6.07) is 20.1. The first-order valence-electron chi connectivity index (χ1n) is 10.7. The molecule has 35 heavy (non-hydrogen) atoms. The van der Waals surface area contributed by atoms with E-state index in [9.17, 15) is 19.2 Å². The van der Waals surface area contributed by atoms with Crippen LogP contribution < -0.4 is 10.6 Å². The van der Waals surface area contributed by atoms with Gasteiger partial charge < -0.3 is 20.3 Å². The second kappa shape index (κ2) is 11.8. The van der Waals surface area contributed by atoms with E-state index in [4.69, 9.17) is 16.3 Å². The number of halogens is 1. The zero-order valence-corrected chi connectivity index (χ0v) is 20.0. The minimum Gasteiger partial charge on any atom is -0.452 e. The highest BCUT2D eigenvalue weighted by Crippen LogP contribution is 2.20. The number of nitrogens with one attached hydrogen (secondary N) is 2. The van der Waals surface area contributed by atoms with Gasteiger partial charge in [-0.25, -0.2) is 4.79 Å². The Morgan fingerprint density at radius 3 is 2.29 bits per heavy atom. The fraction of sp³-hybridized carbons (Fsp3) is 0.154. The molecule has 0 unspecified atom stereocenters. The number of hydrogen-bond donors (Lipinski definition) is 2. The fourth-order valence-corrected chi connectivity index (χ4v) is 3.31. The summed E-state index contributed by atoms with van der Waals surface area (Å²) in [6.45, 7) is 1.04. The van der Waals surface area contributed by atoms with Gasteiger partial charge in [-0.05, 0) is 43.3 Å². The number of likely N-dealkylation sites (N-methyl/N-ethyl adjacent to an activating group) is 1. The molecule has 9 heteroatoms. The first-order valence-corrected chi connectivity index (χ1v) is 11.0. The zero-order valence-electron chi connectivity index (χ0n) is 19.2. The van der Waals surface area contributed by atoms with E-state index in [0.717, 1.165) is 10.5 Å². The number of anilines is 2. The van der Waals surface area contributed by atoms with Crippen molar-refractivity contribution in [1.82, 2.24) is 4.90 Å². The molecule has 0 saturated carbocycles. The molecule has 0 radical (unpaired) electrons. The van der Waals surface area contributed by atoms with E-state index in [2.05, 4.69) is 10.6 Å². The Labute approximate surface area is 207 Å². The Morgan fingerprint density at radius 1 is 0.886 bits per heavy atom. The summed E-state index contributed by atoms with van der Waals surface area (Å²) < 4.78 is 5.14. The molecule has 3 amide bonds. The van der Waals surface area contributed by atoms with Gasteiger partial charge in [0.05, 0.1) is 28.5 Å². The third-order valence-corrected chi connectivity index (χ3v) is 5.29. The van der Waals surface area contributed by atoms with Gasteiger partial charge in [0.2, 0.25) is 5.91 Å². The third-order valence-electron chi connectivity index (χ3n) is 4.96. The van der Waals surface area contributed by atoms with Gasteiger partial charge in [-0.2, -0.15) is 0 Å². The molecule has 0 atom stereocenters. The Morgan fingerprint density at radius 2 is 1.57 bits per heavy atom. The molecular weight excluding hydrogens is 470 g/mol. The van der Waals surface area contributed by atoms with Crippen molar-refractivity contribution < 1.29 is 23.9 Å². The number of carbonyl (C=O) groups excluding carboxylic acids is 4. The molecule has 2 N–H and O–H groups in total. The number of benzene rings is 3. The van der Waals surface area contributed by atoms with Gasteiger partial charge >= 0.3 is 5.97 Å². The molecule has 0 bridgehead atoms. The van der Waals surface area contributed by atoms with Crippen LogP contribution in [0, 0.1) is 6.92 Å². The molecule has 0 aliphatic carbocycles. The molecule has 3 rings (SSSR count). The zero-order chi connectivity index (χ0) is 25.4. The maximum atomic E-state index is 12.6. The van der Waals surface area contributed by atoms with Gasteiger partial charge in [0.1, 0.15) is 0 Å². The summed E-state index contributed by atoms with van der Waals surface area (Å²) >= 11 is 6.02. The number of hydrogen-bond acceptors (Lipinski definition) is 5. The Balaban J connectivity index is 1.56. The summed E-state index contributed by atoms with van der Waals surface area (Å²) in [7, 11) is 1.42. The van der Waals surface area contributed by atoms with Crippen LogP contribution in [-0.2, 0) is 14.3 Å².